The number of aliphatic hydroxyl groups excluding tert-OH is 1. The topological polar surface area (TPSA) is 46.5 Å². The number of benzene rings is 2. The van der Waals surface area contributed by atoms with Crippen LogP contribution in [0.3, 0.4) is 0 Å². The largest absolute Gasteiger partial charge is 0.508 e. The van der Waals surface area contributed by atoms with Crippen molar-refractivity contribution in [2.24, 2.45) is 0 Å². The molecule has 0 unspecified atom stereocenters. The minimum atomic E-state index is -4.56. The van der Waals surface area contributed by atoms with E-state index in [1.165, 1.54) is 12.1 Å². The SMILES string of the molecule is CCc1cc(-c2ccc(Cl)c(C(F)(F)F)c2)ccc1C1=C(O)[C@@]2(C)CC[C@H](O2)C1=O. The summed E-state index contributed by atoms with van der Waals surface area (Å²) in [5, 5.41) is 10.4. The zero-order valence-corrected chi connectivity index (χ0v) is 17.2. The van der Waals surface area contributed by atoms with Crippen molar-refractivity contribution in [3.05, 3.63) is 63.9 Å². The summed E-state index contributed by atoms with van der Waals surface area (Å²) in [6.45, 7) is 3.66. The van der Waals surface area contributed by atoms with Gasteiger partial charge in [0.15, 0.2) is 5.78 Å². The number of hydrogen-bond donors (Lipinski definition) is 1. The van der Waals surface area contributed by atoms with Crippen LogP contribution >= 0.6 is 11.6 Å². The van der Waals surface area contributed by atoms with Crippen LogP contribution < -0.4 is 0 Å². The minimum Gasteiger partial charge on any atom is -0.508 e. The van der Waals surface area contributed by atoms with E-state index in [1.54, 1.807) is 25.1 Å². The molecule has 2 aromatic rings. The molecule has 2 aliphatic heterocycles. The van der Waals surface area contributed by atoms with Crippen molar-refractivity contribution in [1.29, 1.82) is 0 Å². The molecule has 2 aromatic carbocycles. The lowest BCUT2D eigenvalue weighted by molar-refractivity contribution is -0.137. The molecule has 30 heavy (non-hydrogen) atoms. The second kappa shape index (κ2) is 7.13. The predicted octanol–water partition coefficient (Wildman–Crippen LogP) is 6.38. The average molecular weight is 437 g/mol. The van der Waals surface area contributed by atoms with E-state index >= 15 is 0 Å². The average Bonchev–Trinajstić information content (AvgIpc) is 3.07. The molecule has 0 spiro atoms. The highest BCUT2D eigenvalue weighted by Gasteiger charge is 2.50. The van der Waals surface area contributed by atoms with Crippen LogP contribution in [-0.2, 0) is 22.1 Å². The maximum absolute atomic E-state index is 13.2. The lowest BCUT2D eigenvalue weighted by atomic mass is 9.86. The summed E-state index contributed by atoms with van der Waals surface area (Å²) >= 11 is 5.73. The van der Waals surface area contributed by atoms with Crippen molar-refractivity contribution in [2.75, 3.05) is 0 Å². The van der Waals surface area contributed by atoms with Gasteiger partial charge in [0.25, 0.3) is 0 Å². The molecule has 1 saturated heterocycles. The molecule has 158 valence electrons. The number of carbonyl (C=O) groups excluding carboxylic acids is 1. The van der Waals surface area contributed by atoms with Gasteiger partial charge < -0.3 is 9.84 Å². The van der Waals surface area contributed by atoms with Gasteiger partial charge in [0, 0.05) is 0 Å². The van der Waals surface area contributed by atoms with Crippen molar-refractivity contribution in [3.8, 4) is 11.1 Å². The number of rotatable bonds is 3. The Bertz CT molecular complexity index is 1070. The molecule has 2 atom stereocenters. The molecule has 1 fully saturated rings. The molecule has 4 rings (SSSR count). The number of aryl methyl sites for hydroxylation is 1. The van der Waals surface area contributed by atoms with Crippen molar-refractivity contribution < 1.29 is 27.8 Å². The number of ether oxygens (including phenoxy) is 1. The van der Waals surface area contributed by atoms with Crippen molar-refractivity contribution in [1.82, 2.24) is 0 Å². The molecule has 0 saturated carbocycles. The van der Waals surface area contributed by atoms with Gasteiger partial charge >= 0.3 is 6.18 Å². The second-order valence-corrected chi connectivity index (χ2v) is 8.29. The fourth-order valence-corrected chi connectivity index (χ4v) is 4.46. The first-order valence-electron chi connectivity index (χ1n) is 9.71. The normalized spacial score (nSPS) is 23.9. The van der Waals surface area contributed by atoms with Gasteiger partial charge in [0.2, 0.25) is 0 Å². The molecule has 0 aliphatic carbocycles. The molecule has 0 amide bonds. The highest BCUT2D eigenvalue weighted by atomic mass is 35.5. The number of alkyl halides is 3. The highest BCUT2D eigenvalue weighted by molar-refractivity contribution is 6.31. The van der Waals surface area contributed by atoms with E-state index < -0.39 is 23.4 Å². The van der Waals surface area contributed by atoms with E-state index in [1.807, 2.05) is 6.92 Å². The van der Waals surface area contributed by atoms with Crippen molar-refractivity contribution in [2.45, 2.75) is 51.0 Å². The van der Waals surface area contributed by atoms with Crippen molar-refractivity contribution >= 4 is 23.0 Å². The van der Waals surface area contributed by atoms with Gasteiger partial charge in [-0.3, -0.25) is 4.79 Å². The van der Waals surface area contributed by atoms with E-state index in [2.05, 4.69) is 0 Å². The van der Waals surface area contributed by atoms with E-state index in [9.17, 15) is 23.1 Å². The van der Waals surface area contributed by atoms with Crippen molar-refractivity contribution in [3.63, 3.8) is 0 Å². The second-order valence-electron chi connectivity index (χ2n) is 7.88. The molecule has 2 aliphatic rings. The Hall–Kier alpha value is -2.31. The maximum Gasteiger partial charge on any atom is 0.417 e. The van der Waals surface area contributed by atoms with Gasteiger partial charge in [-0.15, -0.1) is 0 Å². The Morgan fingerprint density at radius 3 is 2.53 bits per heavy atom. The Balaban J connectivity index is 1.82. The zero-order valence-electron chi connectivity index (χ0n) is 16.4. The van der Waals surface area contributed by atoms with Crippen LogP contribution in [0.2, 0.25) is 5.02 Å². The number of halogens is 4. The fraction of sp³-hybridized carbons (Fsp3) is 0.348. The smallest absolute Gasteiger partial charge is 0.417 e. The molecule has 0 radical (unpaired) electrons. The minimum absolute atomic E-state index is 0.0745. The monoisotopic (exact) mass is 436 g/mol. The molecule has 0 aromatic heterocycles. The third-order valence-corrected chi connectivity index (χ3v) is 6.25. The van der Waals surface area contributed by atoms with Gasteiger partial charge in [-0.05, 0) is 60.6 Å². The quantitative estimate of drug-likeness (QED) is 0.607. The van der Waals surface area contributed by atoms with Crippen LogP contribution in [0.4, 0.5) is 13.2 Å². The third kappa shape index (κ3) is 3.32. The van der Waals surface area contributed by atoms with Crippen LogP contribution in [-0.4, -0.2) is 22.6 Å². The Morgan fingerprint density at radius 1 is 1.20 bits per heavy atom. The van der Waals surface area contributed by atoms with Gasteiger partial charge in [-0.2, -0.15) is 13.2 Å². The number of Topliss-reactive ketones (excluding diaryl/α,β-unsaturated/α-hetero) is 1. The first-order chi connectivity index (χ1) is 14.0. The number of aliphatic hydroxyl groups is 1. The number of ketones is 1. The Kier molecular flexibility index (Phi) is 4.98. The van der Waals surface area contributed by atoms with E-state index in [4.69, 9.17) is 16.3 Å². The summed E-state index contributed by atoms with van der Waals surface area (Å²) in [6.07, 6.45) is -3.48. The Labute approximate surface area is 177 Å². The van der Waals surface area contributed by atoms with E-state index in [-0.39, 0.29) is 22.1 Å². The molecule has 2 bridgehead atoms. The maximum atomic E-state index is 13.2. The summed E-state index contributed by atoms with van der Waals surface area (Å²) in [7, 11) is 0. The number of carbonyl (C=O) groups is 1. The van der Waals surface area contributed by atoms with Crippen LogP contribution in [0.25, 0.3) is 16.7 Å². The number of hydrogen-bond acceptors (Lipinski definition) is 3. The van der Waals surface area contributed by atoms with Crippen LogP contribution in [0.1, 0.15) is 43.4 Å². The zero-order chi connectivity index (χ0) is 21.8. The molecule has 7 heteroatoms. The Morgan fingerprint density at radius 2 is 1.87 bits per heavy atom. The highest BCUT2D eigenvalue weighted by Crippen LogP contribution is 2.46. The van der Waals surface area contributed by atoms with Gasteiger partial charge in [-0.1, -0.05) is 42.8 Å². The summed E-state index contributed by atoms with van der Waals surface area (Å²) < 4.78 is 45.4. The standard InChI is InChI=1S/C23H20ClF3O3/c1-3-12-10-13(14-5-7-17(24)16(11-14)23(25,26)27)4-6-15(12)19-20(28)18-8-9-22(2,30-18)21(19)29/h4-7,10-11,18,29H,3,8-9H2,1-2H3/t18-,22+/m0/s1. The molecule has 3 nitrogen and oxygen atoms in total. The molecular formula is C23H20ClF3O3. The summed E-state index contributed by atoms with van der Waals surface area (Å²) in [5.41, 5.74) is 0.777. The molecule has 1 N–H and O–H groups in total. The fourth-order valence-electron chi connectivity index (χ4n) is 4.23. The van der Waals surface area contributed by atoms with Gasteiger partial charge in [-0.25, -0.2) is 0 Å². The van der Waals surface area contributed by atoms with E-state index in [0.29, 0.717) is 36.0 Å². The first-order valence-corrected chi connectivity index (χ1v) is 10.1. The van der Waals surface area contributed by atoms with Crippen LogP contribution in [0, 0.1) is 0 Å². The summed E-state index contributed by atoms with van der Waals surface area (Å²) in [6, 6.07) is 8.89. The molecule has 2 heterocycles. The lowest BCUT2D eigenvalue weighted by Crippen LogP contribution is -2.37. The van der Waals surface area contributed by atoms with Crippen LogP contribution in [0.15, 0.2) is 42.2 Å². The summed E-state index contributed by atoms with van der Waals surface area (Å²) in [5.74, 6) is -0.328. The third-order valence-electron chi connectivity index (χ3n) is 5.92. The first kappa shape index (κ1) is 20.9. The summed E-state index contributed by atoms with van der Waals surface area (Å²) in [4.78, 5) is 12.9. The number of fused-ring (bicyclic) bond motifs is 2. The van der Waals surface area contributed by atoms with E-state index in [0.717, 1.165) is 11.6 Å². The van der Waals surface area contributed by atoms with Gasteiger partial charge in [0.05, 0.1) is 16.2 Å². The predicted molar refractivity (Wildman–Crippen MR) is 108 cm³/mol. The lowest BCUT2D eigenvalue weighted by Gasteiger charge is -2.31. The van der Waals surface area contributed by atoms with Gasteiger partial charge in [0.1, 0.15) is 17.5 Å². The van der Waals surface area contributed by atoms with Crippen LogP contribution in [0.5, 0.6) is 0 Å². The molecular weight excluding hydrogens is 417 g/mol.